The molecule has 0 aliphatic carbocycles. The molecular weight excluding hydrogens is 460 g/mol. The molecule has 1 saturated heterocycles. The summed E-state index contributed by atoms with van der Waals surface area (Å²) < 4.78 is 7.47. The molecule has 172 valence electrons. The standard InChI is InChI=1S/C24H25ClN4O3S/c1-3-28-21(18-8-4-5-9-19(18)32-2)26-27-24(28)33-20-10-6-7-15-29(23(20)31)22(30)16-11-13-17(25)14-12-16/h4-5,8-9,11-14,20H,3,6-7,10,15H2,1-2H3/t20-/m0/s1. The number of rotatable bonds is 6. The minimum Gasteiger partial charge on any atom is -0.496 e. The highest BCUT2D eigenvalue weighted by Crippen LogP contribution is 2.34. The van der Waals surface area contributed by atoms with Crippen molar-refractivity contribution in [1.29, 1.82) is 0 Å². The van der Waals surface area contributed by atoms with Gasteiger partial charge in [0.15, 0.2) is 11.0 Å². The van der Waals surface area contributed by atoms with Crippen LogP contribution in [0.1, 0.15) is 36.5 Å². The number of hydrogen-bond donors (Lipinski definition) is 0. The lowest BCUT2D eigenvalue weighted by molar-refractivity contribution is -0.127. The zero-order chi connectivity index (χ0) is 23.4. The lowest BCUT2D eigenvalue weighted by Crippen LogP contribution is -2.41. The molecule has 2 aromatic carbocycles. The van der Waals surface area contributed by atoms with Crippen molar-refractivity contribution in [2.45, 2.75) is 43.1 Å². The Balaban J connectivity index is 1.59. The summed E-state index contributed by atoms with van der Waals surface area (Å²) in [5.74, 6) is 0.909. The number of halogens is 1. The van der Waals surface area contributed by atoms with E-state index < -0.39 is 5.25 Å². The van der Waals surface area contributed by atoms with Gasteiger partial charge < -0.3 is 9.30 Å². The van der Waals surface area contributed by atoms with Crippen molar-refractivity contribution < 1.29 is 14.3 Å². The third kappa shape index (κ3) is 4.91. The van der Waals surface area contributed by atoms with Crippen molar-refractivity contribution in [3.05, 3.63) is 59.1 Å². The van der Waals surface area contributed by atoms with Crippen LogP contribution in [0.3, 0.4) is 0 Å². The average molecular weight is 485 g/mol. The summed E-state index contributed by atoms with van der Waals surface area (Å²) in [7, 11) is 1.62. The molecule has 1 atom stereocenters. The van der Waals surface area contributed by atoms with E-state index in [1.54, 1.807) is 31.4 Å². The van der Waals surface area contributed by atoms with Crippen LogP contribution in [0.4, 0.5) is 0 Å². The summed E-state index contributed by atoms with van der Waals surface area (Å²) in [6, 6.07) is 14.3. The highest BCUT2D eigenvalue weighted by atomic mass is 35.5. The van der Waals surface area contributed by atoms with Crippen molar-refractivity contribution in [1.82, 2.24) is 19.7 Å². The molecule has 4 rings (SSSR count). The van der Waals surface area contributed by atoms with Crippen molar-refractivity contribution in [2.75, 3.05) is 13.7 Å². The van der Waals surface area contributed by atoms with Crippen LogP contribution in [0.25, 0.3) is 11.4 Å². The van der Waals surface area contributed by atoms with Gasteiger partial charge in [0.25, 0.3) is 5.91 Å². The Bertz CT molecular complexity index is 1150. The maximum Gasteiger partial charge on any atom is 0.260 e. The van der Waals surface area contributed by atoms with Gasteiger partial charge in [-0.25, -0.2) is 0 Å². The molecule has 0 spiro atoms. The minimum absolute atomic E-state index is 0.193. The van der Waals surface area contributed by atoms with Gasteiger partial charge in [-0.05, 0) is 56.2 Å². The van der Waals surface area contributed by atoms with E-state index in [2.05, 4.69) is 10.2 Å². The number of methoxy groups -OCH3 is 1. The normalized spacial score (nSPS) is 16.5. The highest BCUT2D eigenvalue weighted by Gasteiger charge is 2.33. The van der Waals surface area contributed by atoms with Gasteiger partial charge in [-0.1, -0.05) is 41.9 Å². The number of hydrogen-bond acceptors (Lipinski definition) is 6. The van der Waals surface area contributed by atoms with E-state index in [1.807, 2.05) is 35.8 Å². The lowest BCUT2D eigenvalue weighted by Gasteiger charge is -2.22. The Morgan fingerprint density at radius 2 is 1.91 bits per heavy atom. The number of benzene rings is 2. The van der Waals surface area contributed by atoms with Crippen molar-refractivity contribution >= 4 is 35.2 Å². The first-order valence-corrected chi connectivity index (χ1v) is 12.1. The fraction of sp³-hybridized carbons (Fsp3) is 0.333. The quantitative estimate of drug-likeness (QED) is 0.461. The van der Waals surface area contributed by atoms with E-state index in [-0.39, 0.29) is 11.8 Å². The number of aromatic nitrogens is 3. The molecule has 1 aliphatic heterocycles. The molecule has 0 radical (unpaired) electrons. The number of nitrogens with zero attached hydrogens (tertiary/aromatic N) is 4. The molecule has 7 nitrogen and oxygen atoms in total. The number of ether oxygens (including phenoxy) is 1. The molecule has 0 N–H and O–H groups in total. The third-order valence-corrected chi connectivity index (χ3v) is 7.09. The lowest BCUT2D eigenvalue weighted by atomic mass is 10.2. The zero-order valence-corrected chi connectivity index (χ0v) is 20.1. The number of amides is 2. The number of imide groups is 1. The highest BCUT2D eigenvalue weighted by molar-refractivity contribution is 8.00. The number of carbonyl (C=O) groups is 2. The van der Waals surface area contributed by atoms with Gasteiger partial charge in [0.2, 0.25) is 5.91 Å². The molecule has 2 heterocycles. The fourth-order valence-electron chi connectivity index (χ4n) is 3.88. The predicted octanol–water partition coefficient (Wildman–Crippen LogP) is 4.94. The monoisotopic (exact) mass is 484 g/mol. The number of para-hydroxylation sites is 1. The largest absolute Gasteiger partial charge is 0.496 e. The second-order valence-electron chi connectivity index (χ2n) is 7.65. The molecule has 1 aliphatic rings. The van der Waals surface area contributed by atoms with Crippen molar-refractivity contribution in [3.8, 4) is 17.1 Å². The smallest absolute Gasteiger partial charge is 0.260 e. The molecule has 0 unspecified atom stereocenters. The average Bonchev–Trinajstić information content (AvgIpc) is 3.15. The Morgan fingerprint density at radius 3 is 2.64 bits per heavy atom. The molecule has 1 fully saturated rings. The maximum atomic E-state index is 13.4. The first kappa shape index (κ1) is 23.3. The molecule has 9 heteroatoms. The van der Waals surface area contributed by atoms with Crippen molar-refractivity contribution in [2.24, 2.45) is 0 Å². The van der Waals surface area contributed by atoms with Crippen LogP contribution in [0.2, 0.25) is 5.02 Å². The summed E-state index contributed by atoms with van der Waals surface area (Å²) in [5, 5.41) is 9.57. The van der Waals surface area contributed by atoms with Gasteiger partial charge in [0, 0.05) is 23.7 Å². The SMILES string of the molecule is CCn1c(S[C@H]2CCCCN(C(=O)c3ccc(Cl)cc3)C2=O)nnc1-c1ccccc1OC. The second kappa shape index (κ2) is 10.4. The van der Waals surface area contributed by atoms with E-state index in [0.29, 0.717) is 46.8 Å². The first-order valence-electron chi connectivity index (χ1n) is 10.9. The minimum atomic E-state index is -0.413. The summed E-state index contributed by atoms with van der Waals surface area (Å²) >= 11 is 7.31. The van der Waals surface area contributed by atoms with Gasteiger partial charge in [-0.15, -0.1) is 10.2 Å². The summed E-state index contributed by atoms with van der Waals surface area (Å²) in [5.41, 5.74) is 1.29. The van der Waals surface area contributed by atoms with Crippen molar-refractivity contribution in [3.63, 3.8) is 0 Å². The zero-order valence-electron chi connectivity index (χ0n) is 18.5. The Labute approximate surface area is 202 Å². The van der Waals surface area contributed by atoms with Crippen LogP contribution >= 0.6 is 23.4 Å². The summed E-state index contributed by atoms with van der Waals surface area (Å²) in [4.78, 5) is 27.8. The maximum absolute atomic E-state index is 13.4. The number of likely N-dealkylation sites (tertiary alicyclic amines) is 1. The molecule has 0 bridgehead atoms. The number of thioether (sulfide) groups is 1. The Kier molecular flexibility index (Phi) is 7.35. The van der Waals surface area contributed by atoms with E-state index in [0.717, 1.165) is 18.4 Å². The van der Waals surface area contributed by atoms with E-state index in [4.69, 9.17) is 16.3 Å². The Hall–Kier alpha value is -2.84. The van der Waals surface area contributed by atoms with Crippen LogP contribution in [0.5, 0.6) is 5.75 Å². The van der Waals surface area contributed by atoms with E-state index >= 15 is 0 Å². The predicted molar refractivity (Wildman–Crippen MR) is 129 cm³/mol. The van der Waals surface area contributed by atoms with Crippen LogP contribution in [0.15, 0.2) is 53.7 Å². The summed E-state index contributed by atoms with van der Waals surface area (Å²) in [6.07, 6.45) is 2.30. The van der Waals surface area contributed by atoms with Crippen LogP contribution in [0, 0.1) is 0 Å². The molecule has 33 heavy (non-hydrogen) atoms. The van der Waals surface area contributed by atoms with Crippen LogP contribution in [-0.2, 0) is 11.3 Å². The molecule has 3 aromatic rings. The van der Waals surface area contributed by atoms with E-state index in [1.165, 1.54) is 16.7 Å². The second-order valence-corrected chi connectivity index (χ2v) is 9.26. The summed E-state index contributed by atoms with van der Waals surface area (Å²) in [6.45, 7) is 3.05. The Morgan fingerprint density at radius 1 is 1.15 bits per heavy atom. The molecule has 1 aromatic heterocycles. The molecular formula is C24H25ClN4O3S. The van der Waals surface area contributed by atoms with E-state index in [9.17, 15) is 9.59 Å². The number of carbonyl (C=O) groups excluding carboxylic acids is 2. The fourth-order valence-corrected chi connectivity index (χ4v) is 5.21. The molecule has 2 amide bonds. The van der Waals surface area contributed by atoms with Gasteiger partial charge in [-0.2, -0.15) is 0 Å². The van der Waals surface area contributed by atoms with Gasteiger partial charge >= 0.3 is 0 Å². The van der Waals surface area contributed by atoms with Crippen LogP contribution < -0.4 is 4.74 Å². The van der Waals surface area contributed by atoms with Crippen LogP contribution in [-0.4, -0.2) is 50.4 Å². The van der Waals surface area contributed by atoms with Gasteiger partial charge in [-0.3, -0.25) is 14.5 Å². The van der Waals surface area contributed by atoms with Gasteiger partial charge in [0.05, 0.1) is 17.9 Å². The first-order chi connectivity index (χ1) is 16.0. The molecule has 0 saturated carbocycles. The third-order valence-electron chi connectivity index (χ3n) is 5.60. The van der Waals surface area contributed by atoms with Gasteiger partial charge in [0.1, 0.15) is 5.75 Å². The topological polar surface area (TPSA) is 77.3 Å².